The van der Waals surface area contributed by atoms with Gasteiger partial charge in [-0.15, -0.1) is 0 Å². The van der Waals surface area contributed by atoms with Crippen molar-refractivity contribution in [2.45, 2.75) is 6.42 Å². The lowest BCUT2D eigenvalue weighted by Crippen LogP contribution is -2.26. The summed E-state index contributed by atoms with van der Waals surface area (Å²) < 4.78 is 10.6. The largest absolute Gasteiger partial charge is 0.497 e. The van der Waals surface area contributed by atoms with Gasteiger partial charge in [0.1, 0.15) is 17.2 Å². The van der Waals surface area contributed by atoms with Crippen LogP contribution in [0.15, 0.2) is 66.9 Å². The van der Waals surface area contributed by atoms with Crippen LogP contribution in [0, 0.1) is 0 Å². The lowest BCUT2D eigenvalue weighted by Gasteiger charge is -2.12. The van der Waals surface area contributed by atoms with Gasteiger partial charge in [-0.2, -0.15) is 0 Å². The van der Waals surface area contributed by atoms with Crippen molar-refractivity contribution in [1.29, 1.82) is 0 Å². The number of carbonyl (C=O) groups is 1. The zero-order valence-electron chi connectivity index (χ0n) is 15.9. The Morgan fingerprint density at radius 3 is 2.50 bits per heavy atom. The maximum atomic E-state index is 12.2. The van der Waals surface area contributed by atoms with Gasteiger partial charge in [0.05, 0.1) is 31.8 Å². The van der Waals surface area contributed by atoms with Crippen LogP contribution in [0.3, 0.4) is 0 Å². The third-order valence-electron chi connectivity index (χ3n) is 4.23. The van der Waals surface area contributed by atoms with E-state index in [0.717, 1.165) is 17.8 Å². The van der Waals surface area contributed by atoms with Crippen molar-refractivity contribution in [3.8, 4) is 11.5 Å². The van der Waals surface area contributed by atoms with Gasteiger partial charge in [0, 0.05) is 12.6 Å². The third-order valence-corrected chi connectivity index (χ3v) is 4.23. The van der Waals surface area contributed by atoms with E-state index >= 15 is 0 Å². The Kier molecular flexibility index (Phi) is 6.46. The molecular formula is C22H23N3O3. The Morgan fingerprint density at radius 2 is 1.82 bits per heavy atom. The highest BCUT2D eigenvalue weighted by atomic mass is 16.5. The first-order chi connectivity index (χ1) is 13.7. The molecule has 0 unspecified atom stereocenters. The zero-order chi connectivity index (χ0) is 19.8. The van der Waals surface area contributed by atoms with Crippen LogP contribution < -0.4 is 20.1 Å². The average Bonchev–Trinajstić information content (AvgIpc) is 2.75. The van der Waals surface area contributed by atoms with E-state index in [1.807, 2.05) is 48.5 Å². The van der Waals surface area contributed by atoms with Crippen molar-refractivity contribution in [3.63, 3.8) is 0 Å². The van der Waals surface area contributed by atoms with Crippen molar-refractivity contribution in [2.24, 2.45) is 0 Å². The summed E-state index contributed by atoms with van der Waals surface area (Å²) in [5, 5.41) is 6.12. The number of rotatable bonds is 8. The number of pyridine rings is 1. The first kappa shape index (κ1) is 19.2. The second kappa shape index (κ2) is 9.41. The predicted molar refractivity (Wildman–Crippen MR) is 110 cm³/mol. The van der Waals surface area contributed by atoms with Crippen LogP contribution in [0.5, 0.6) is 11.5 Å². The van der Waals surface area contributed by atoms with Gasteiger partial charge in [0.15, 0.2) is 0 Å². The normalized spacial score (nSPS) is 10.2. The standard InChI is InChI=1S/C22H23N3O3/c1-27-18-9-11-19(21(14-18)28-2)25-17-8-10-20(24-15-17)22(26)23-13-12-16-6-4-3-5-7-16/h3-11,14-15,25H,12-13H2,1-2H3,(H,23,26). The molecule has 3 rings (SSSR count). The molecule has 0 atom stereocenters. The predicted octanol–water partition coefficient (Wildman–Crippen LogP) is 3.81. The van der Waals surface area contributed by atoms with Gasteiger partial charge < -0.3 is 20.1 Å². The summed E-state index contributed by atoms with van der Waals surface area (Å²) in [6.07, 6.45) is 2.40. The molecular weight excluding hydrogens is 354 g/mol. The molecule has 0 spiro atoms. The smallest absolute Gasteiger partial charge is 0.269 e. The molecule has 3 aromatic rings. The summed E-state index contributed by atoms with van der Waals surface area (Å²) in [4.78, 5) is 16.5. The molecule has 2 aromatic carbocycles. The van der Waals surface area contributed by atoms with Gasteiger partial charge in [0.2, 0.25) is 0 Å². The van der Waals surface area contributed by atoms with Gasteiger partial charge in [0.25, 0.3) is 5.91 Å². The highest BCUT2D eigenvalue weighted by molar-refractivity contribution is 5.92. The van der Waals surface area contributed by atoms with Crippen molar-refractivity contribution >= 4 is 17.3 Å². The quantitative estimate of drug-likeness (QED) is 0.624. The number of nitrogens with one attached hydrogen (secondary N) is 2. The molecule has 28 heavy (non-hydrogen) atoms. The monoisotopic (exact) mass is 377 g/mol. The van der Waals surface area contributed by atoms with E-state index in [9.17, 15) is 4.79 Å². The van der Waals surface area contributed by atoms with E-state index in [-0.39, 0.29) is 5.91 Å². The molecule has 0 fully saturated rings. The number of methoxy groups -OCH3 is 2. The van der Waals surface area contributed by atoms with Crippen LogP contribution in [0.4, 0.5) is 11.4 Å². The highest BCUT2D eigenvalue weighted by Gasteiger charge is 2.09. The molecule has 2 N–H and O–H groups in total. The molecule has 0 saturated carbocycles. The number of nitrogens with zero attached hydrogens (tertiary/aromatic N) is 1. The van der Waals surface area contributed by atoms with E-state index in [4.69, 9.17) is 9.47 Å². The van der Waals surface area contributed by atoms with E-state index in [2.05, 4.69) is 15.6 Å². The van der Waals surface area contributed by atoms with Gasteiger partial charge in [-0.05, 0) is 36.2 Å². The molecule has 0 aliphatic heterocycles. The number of hydrogen-bond acceptors (Lipinski definition) is 5. The lowest BCUT2D eigenvalue weighted by atomic mass is 10.1. The maximum absolute atomic E-state index is 12.2. The number of amides is 1. The summed E-state index contributed by atoms with van der Waals surface area (Å²) in [6, 6.07) is 19.0. The Bertz CT molecular complexity index is 912. The summed E-state index contributed by atoms with van der Waals surface area (Å²) in [6.45, 7) is 0.563. The fraction of sp³-hybridized carbons (Fsp3) is 0.182. The molecule has 6 heteroatoms. The Labute approximate surface area is 164 Å². The molecule has 0 aliphatic rings. The second-order valence-corrected chi connectivity index (χ2v) is 6.11. The van der Waals surface area contributed by atoms with Crippen LogP contribution in [0.25, 0.3) is 0 Å². The van der Waals surface area contributed by atoms with Crippen LogP contribution in [0.2, 0.25) is 0 Å². The van der Waals surface area contributed by atoms with Crippen LogP contribution in [-0.2, 0) is 6.42 Å². The van der Waals surface area contributed by atoms with Gasteiger partial charge in [-0.25, -0.2) is 4.98 Å². The highest BCUT2D eigenvalue weighted by Crippen LogP contribution is 2.31. The summed E-state index contributed by atoms with van der Waals surface area (Å²) in [5.74, 6) is 1.18. The fourth-order valence-corrected chi connectivity index (χ4v) is 2.72. The van der Waals surface area contributed by atoms with Crippen molar-refractivity contribution < 1.29 is 14.3 Å². The van der Waals surface area contributed by atoms with E-state index < -0.39 is 0 Å². The van der Waals surface area contributed by atoms with Crippen LogP contribution in [0.1, 0.15) is 16.1 Å². The Morgan fingerprint density at radius 1 is 1.00 bits per heavy atom. The van der Waals surface area contributed by atoms with Crippen LogP contribution in [-0.4, -0.2) is 31.7 Å². The zero-order valence-corrected chi connectivity index (χ0v) is 15.9. The van der Waals surface area contributed by atoms with Crippen molar-refractivity contribution in [3.05, 3.63) is 78.1 Å². The van der Waals surface area contributed by atoms with Gasteiger partial charge in [-0.1, -0.05) is 30.3 Å². The van der Waals surface area contributed by atoms with Gasteiger partial charge >= 0.3 is 0 Å². The van der Waals surface area contributed by atoms with Crippen molar-refractivity contribution in [1.82, 2.24) is 10.3 Å². The summed E-state index contributed by atoms with van der Waals surface area (Å²) in [5.41, 5.74) is 3.10. The lowest BCUT2D eigenvalue weighted by molar-refractivity contribution is 0.0949. The number of anilines is 2. The van der Waals surface area contributed by atoms with E-state index in [1.54, 1.807) is 32.5 Å². The van der Waals surface area contributed by atoms with Gasteiger partial charge in [-0.3, -0.25) is 4.79 Å². The maximum Gasteiger partial charge on any atom is 0.269 e. The number of carbonyl (C=O) groups excluding carboxylic acids is 1. The number of aromatic nitrogens is 1. The molecule has 0 radical (unpaired) electrons. The minimum atomic E-state index is -0.190. The van der Waals surface area contributed by atoms with Crippen LogP contribution >= 0.6 is 0 Å². The average molecular weight is 377 g/mol. The molecule has 1 amide bonds. The molecule has 0 aliphatic carbocycles. The van der Waals surface area contributed by atoms with E-state index in [1.165, 1.54) is 5.56 Å². The molecule has 0 saturated heterocycles. The first-order valence-electron chi connectivity index (χ1n) is 8.97. The Balaban J connectivity index is 1.58. The number of ether oxygens (including phenoxy) is 2. The summed E-state index contributed by atoms with van der Waals surface area (Å²) in [7, 11) is 3.20. The topological polar surface area (TPSA) is 72.5 Å². The molecule has 1 heterocycles. The summed E-state index contributed by atoms with van der Waals surface area (Å²) >= 11 is 0. The fourth-order valence-electron chi connectivity index (χ4n) is 2.72. The first-order valence-corrected chi connectivity index (χ1v) is 8.97. The molecule has 144 valence electrons. The Hall–Kier alpha value is -3.54. The molecule has 0 bridgehead atoms. The minimum absolute atomic E-state index is 0.190. The molecule has 6 nitrogen and oxygen atoms in total. The second-order valence-electron chi connectivity index (χ2n) is 6.11. The van der Waals surface area contributed by atoms with Crippen molar-refractivity contribution in [2.75, 3.05) is 26.1 Å². The van der Waals surface area contributed by atoms with E-state index in [0.29, 0.717) is 23.7 Å². The number of benzene rings is 2. The third kappa shape index (κ3) is 5.01. The minimum Gasteiger partial charge on any atom is -0.497 e. The molecule has 1 aromatic heterocycles. The number of hydrogen-bond donors (Lipinski definition) is 2. The SMILES string of the molecule is COc1ccc(Nc2ccc(C(=O)NCCc3ccccc3)nc2)c(OC)c1.